The number of guanidine groups is 1. The molecule has 0 aromatic heterocycles. The highest BCUT2D eigenvalue weighted by Crippen LogP contribution is 2.34. The van der Waals surface area contributed by atoms with E-state index in [9.17, 15) is 0 Å². The number of hydrogen-bond acceptors (Lipinski definition) is 4. The third-order valence-corrected chi connectivity index (χ3v) is 6.24. The summed E-state index contributed by atoms with van der Waals surface area (Å²) in [6.45, 7) is 14.4. The van der Waals surface area contributed by atoms with E-state index in [4.69, 9.17) is 9.73 Å². The van der Waals surface area contributed by atoms with E-state index in [-0.39, 0.29) is 29.5 Å². The second-order valence-corrected chi connectivity index (χ2v) is 8.10. The number of thioether (sulfide) groups is 1. The van der Waals surface area contributed by atoms with Gasteiger partial charge in [-0.05, 0) is 31.9 Å². The summed E-state index contributed by atoms with van der Waals surface area (Å²) >= 11 is 2.07. The van der Waals surface area contributed by atoms with Crippen LogP contribution < -0.4 is 10.6 Å². The molecular formula is C17H35IN4OS. The van der Waals surface area contributed by atoms with Gasteiger partial charge < -0.3 is 15.4 Å². The lowest BCUT2D eigenvalue weighted by Gasteiger charge is -2.42. The molecule has 2 aliphatic rings. The van der Waals surface area contributed by atoms with E-state index < -0.39 is 0 Å². The number of rotatable bonds is 6. The highest BCUT2D eigenvalue weighted by atomic mass is 127. The monoisotopic (exact) mass is 470 g/mol. The maximum Gasteiger partial charge on any atom is 0.191 e. The van der Waals surface area contributed by atoms with E-state index in [1.807, 2.05) is 0 Å². The summed E-state index contributed by atoms with van der Waals surface area (Å²) < 4.78 is 5.54. The molecule has 24 heavy (non-hydrogen) atoms. The Morgan fingerprint density at radius 3 is 2.54 bits per heavy atom. The summed E-state index contributed by atoms with van der Waals surface area (Å²) in [4.78, 5) is 7.58. The van der Waals surface area contributed by atoms with Gasteiger partial charge in [-0.25, -0.2) is 0 Å². The van der Waals surface area contributed by atoms with Gasteiger partial charge in [0, 0.05) is 31.4 Å². The minimum atomic E-state index is 0. The van der Waals surface area contributed by atoms with Crippen molar-refractivity contribution >= 4 is 41.7 Å². The molecule has 2 rings (SSSR count). The fourth-order valence-electron chi connectivity index (χ4n) is 3.04. The van der Waals surface area contributed by atoms with E-state index in [0.29, 0.717) is 12.0 Å². The summed E-state index contributed by atoms with van der Waals surface area (Å²) in [6, 6.07) is 0.421. The van der Waals surface area contributed by atoms with E-state index >= 15 is 0 Å². The van der Waals surface area contributed by atoms with Crippen molar-refractivity contribution in [2.24, 2.45) is 10.9 Å². The number of hydrogen-bond donors (Lipinski definition) is 2. The Kier molecular flexibility index (Phi) is 10.3. The quantitative estimate of drug-likeness (QED) is 0.355. The van der Waals surface area contributed by atoms with Crippen molar-refractivity contribution in [2.75, 3.05) is 50.9 Å². The average Bonchev–Trinajstić information content (AvgIpc) is 3.03. The molecule has 2 atom stereocenters. The lowest BCUT2D eigenvalue weighted by molar-refractivity contribution is -0.0104. The molecule has 0 saturated carbocycles. The van der Waals surface area contributed by atoms with Crippen LogP contribution in [0.15, 0.2) is 4.99 Å². The van der Waals surface area contributed by atoms with Gasteiger partial charge in [0.15, 0.2) is 5.96 Å². The summed E-state index contributed by atoms with van der Waals surface area (Å²) in [5.74, 6) is 3.99. The molecule has 0 amide bonds. The standard InChI is InChI=1S/C17H34N4OS.HI/c1-5-18-16(20-15(4)14(2)3)19-12-17(6-11-23-13-17)21-7-9-22-10-8-21;/h14-15H,5-13H2,1-4H3,(H2,18,19,20);1H. The zero-order chi connectivity index (χ0) is 16.7. The van der Waals surface area contributed by atoms with Gasteiger partial charge in [-0.3, -0.25) is 9.89 Å². The van der Waals surface area contributed by atoms with Gasteiger partial charge in [0.1, 0.15) is 0 Å². The Balaban J connectivity index is 0.00000288. The maximum absolute atomic E-state index is 5.54. The van der Waals surface area contributed by atoms with Crippen LogP contribution in [0.3, 0.4) is 0 Å². The molecule has 2 N–H and O–H groups in total. The lowest BCUT2D eigenvalue weighted by atomic mass is 9.96. The van der Waals surface area contributed by atoms with E-state index in [1.165, 1.54) is 17.9 Å². The van der Waals surface area contributed by atoms with Crippen molar-refractivity contribution in [3.63, 3.8) is 0 Å². The fraction of sp³-hybridized carbons (Fsp3) is 0.941. The van der Waals surface area contributed by atoms with E-state index in [1.54, 1.807) is 0 Å². The largest absolute Gasteiger partial charge is 0.379 e. The molecule has 2 saturated heterocycles. The Bertz CT molecular complexity index is 383. The number of nitrogens with zero attached hydrogens (tertiary/aromatic N) is 2. The van der Waals surface area contributed by atoms with Gasteiger partial charge in [0.05, 0.1) is 25.3 Å². The normalized spacial score (nSPS) is 27.0. The molecule has 0 bridgehead atoms. The van der Waals surface area contributed by atoms with Gasteiger partial charge in [0.25, 0.3) is 0 Å². The number of halogens is 1. The van der Waals surface area contributed by atoms with Crippen molar-refractivity contribution in [1.82, 2.24) is 15.5 Å². The Labute approximate surface area is 169 Å². The molecule has 0 radical (unpaired) electrons. The number of morpholine rings is 1. The number of nitrogens with one attached hydrogen (secondary N) is 2. The third kappa shape index (κ3) is 6.21. The summed E-state index contributed by atoms with van der Waals surface area (Å²) in [6.07, 6.45) is 1.24. The summed E-state index contributed by atoms with van der Waals surface area (Å²) in [5.41, 5.74) is 0.220. The molecule has 2 heterocycles. The lowest BCUT2D eigenvalue weighted by Crippen LogP contribution is -2.56. The molecule has 7 heteroatoms. The van der Waals surface area contributed by atoms with E-state index in [0.717, 1.165) is 45.4 Å². The molecular weight excluding hydrogens is 435 g/mol. The van der Waals surface area contributed by atoms with Crippen LogP contribution in [-0.4, -0.2) is 73.3 Å². The number of aliphatic imine (C=N–C) groups is 1. The van der Waals surface area contributed by atoms with Crippen LogP contribution >= 0.6 is 35.7 Å². The van der Waals surface area contributed by atoms with Gasteiger partial charge in [-0.15, -0.1) is 24.0 Å². The number of ether oxygens (including phenoxy) is 1. The first kappa shape index (κ1) is 22.3. The van der Waals surface area contributed by atoms with Crippen LogP contribution in [-0.2, 0) is 4.74 Å². The first-order valence-corrected chi connectivity index (χ1v) is 10.2. The SMILES string of the molecule is CCNC(=NCC1(N2CCOCC2)CCSC1)NC(C)C(C)C.I. The van der Waals surface area contributed by atoms with Gasteiger partial charge in [-0.1, -0.05) is 13.8 Å². The smallest absolute Gasteiger partial charge is 0.191 e. The van der Waals surface area contributed by atoms with Gasteiger partial charge in [0.2, 0.25) is 0 Å². The molecule has 5 nitrogen and oxygen atoms in total. The molecule has 2 aliphatic heterocycles. The first-order chi connectivity index (χ1) is 11.1. The van der Waals surface area contributed by atoms with Crippen molar-refractivity contribution in [3.05, 3.63) is 0 Å². The highest BCUT2D eigenvalue weighted by Gasteiger charge is 2.40. The fourth-order valence-corrected chi connectivity index (χ4v) is 4.50. The first-order valence-electron chi connectivity index (χ1n) is 9.03. The highest BCUT2D eigenvalue weighted by molar-refractivity contribution is 14.0. The minimum Gasteiger partial charge on any atom is -0.379 e. The molecule has 142 valence electrons. The zero-order valence-electron chi connectivity index (χ0n) is 15.6. The maximum atomic E-state index is 5.54. The van der Waals surface area contributed by atoms with Gasteiger partial charge in [-0.2, -0.15) is 11.8 Å². The van der Waals surface area contributed by atoms with Crippen molar-refractivity contribution in [1.29, 1.82) is 0 Å². The summed E-state index contributed by atoms with van der Waals surface area (Å²) in [7, 11) is 0. The third-order valence-electron chi connectivity index (χ3n) is 5.00. The van der Waals surface area contributed by atoms with Crippen LogP contribution in [0.25, 0.3) is 0 Å². The summed E-state index contributed by atoms with van der Waals surface area (Å²) in [5, 5.41) is 6.95. The van der Waals surface area contributed by atoms with Gasteiger partial charge >= 0.3 is 0 Å². The second-order valence-electron chi connectivity index (χ2n) is 7.00. The van der Waals surface area contributed by atoms with Crippen molar-refractivity contribution < 1.29 is 4.74 Å². The Morgan fingerprint density at radius 1 is 1.29 bits per heavy atom. The van der Waals surface area contributed by atoms with Crippen LogP contribution in [0.1, 0.15) is 34.1 Å². The molecule has 0 aliphatic carbocycles. The van der Waals surface area contributed by atoms with Crippen LogP contribution in [0, 0.1) is 5.92 Å². The molecule has 2 unspecified atom stereocenters. The Hall–Kier alpha value is 0.270. The molecule has 0 aromatic rings. The molecule has 2 fully saturated rings. The predicted molar refractivity (Wildman–Crippen MR) is 116 cm³/mol. The second kappa shape index (κ2) is 11.1. The molecule has 0 aromatic carbocycles. The van der Waals surface area contributed by atoms with E-state index in [2.05, 4.69) is 55.0 Å². The van der Waals surface area contributed by atoms with Crippen molar-refractivity contribution in [2.45, 2.75) is 45.7 Å². The topological polar surface area (TPSA) is 48.9 Å². The Morgan fingerprint density at radius 2 is 2.00 bits per heavy atom. The van der Waals surface area contributed by atoms with Crippen LogP contribution in [0.5, 0.6) is 0 Å². The minimum absolute atomic E-state index is 0. The van der Waals surface area contributed by atoms with Crippen LogP contribution in [0.4, 0.5) is 0 Å². The van der Waals surface area contributed by atoms with Crippen molar-refractivity contribution in [3.8, 4) is 0 Å². The zero-order valence-corrected chi connectivity index (χ0v) is 18.8. The predicted octanol–water partition coefficient (Wildman–Crippen LogP) is 2.41. The molecule has 0 spiro atoms. The van der Waals surface area contributed by atoms with Crippen LogP contribution in [0.2, 0.25) is 0 Å². The average molecular weight is 470 g/mol.